The predicted molar refractivity (Wildman–Crippen MR) is 96.4 cm³/mol. The third kappa shape index (κ3) is 7.28. The molecule has 0 unspecified atom stereocenters. The number of carbonyl (C=O) groups excluding carboxylic acids is 2. The highest BCUT2D eigenvalue weighted by Crippen LogP contribution is 2.06. The van der Waals surface area contributed by atoms with E-state index in [0.717, 1.165) is 0 Å². The molecule has 1 aliphatic rings. The van der Waals surface area contributed by atoms with E-state index in [4.69, 9.17) is 4.74 Å². The molecule has 0 aliphatic carbocycles. The average Bonchev–Trinajstić information content (AvgIpc) is 2.38. The van der Waals surface area contributed by atoms with Gasteiger partial charge in [-0.3, -0.25) is 14.6 Å². The van der Waals surface area contributed by atoms with E-state index in [9.17, 15) is 9.59 Å². The lowest BCUT2D eigenvalue weighted by Crippen LogP contribution is -2.54. The van der Waals surface area contributed by atoms with Gasteiger partial charge in [0.05, 0.1) is 0 Å². The van der Waals surface area contributed by atoms with Crippen LogP contribution in [0.3, 0.4) is 0 Å². The van der Waals surface area contributed by atoms with Crippen LogP contribution >= 0.6 is 24.0 Å². The van der Waals surface area contributed by atoms with E-state index < -0.39 is 5.60 Å². The molecule has 22 heavy (non-hydrogen) atoms. The molecule has 1 amide bonds. The lowest BCUT2D eigenvalue weighted by molar-refractivity contribution is -0.153. The molecule has 0 spiro atoms. The normalized spacial score (nSPS) is 16.0. The van der Waals surface area contributed by atoms with Crippen molar-refractivity contribution in [1.82, 2.24) is 15.1 Å². The third-order valence-electron chi connectivity index (χ3n) is 3.05. The van der Waals surface area contributed by atoms with Crippen LogP contribution in [0.5, 0.6) is 0 Å². The quantitative estimate of drug-likeness (QED) is 0.305. The first-order valence-corrected chi connectivity index (χ1v) is 7.16. The smallest absolute Gasteiger partial charge is 0.325 e. The average molecular weight is 426 g/mol. The third-order valence-corrected chi connectivity index (χ3v) is 3.05. The van der Waals surface area contributed by atoms with E-state index in [1.807, 2.05) is 25.7 Å². The van der Waals surface area contributed by atoms with Crippen molar-refractivity contribution in [3.63, 3.8) is 0 Å². The number of amides is 1. The largest absolute Gasteiger partial charge is 0.459 e. The van der Waals surface area contributed by atoms with Gasteiger partial charge in [0.25, 0.3) is 0 Å². The predicted octanol–water partition coefficient (Wildman–Crippen LogP) is 0.686. The maximum atomic E-state index is 11.7. The molecule has 0 radical (unpaired) electrons. The molecule has 0 aromatic carbocycles. The first kappa shape index (κ1) is 20.9. The second-order valence-corrected chi connectivity index (χ2v) is 5.98. The van der Waals surface area contributed by atoms with Gasteiger partial charge in [0.15, 0.2) is 5.96 Å². The Morgan fingerprint density at radius 3 is 2.05 bits per heavy atom. The Morgan fingerprint density at radius 1 is 1.14 bits per heavy atom. The molecule has 1 N–H and O–H groups in total. The number of hydrogen-bond donors (Lipinski definition) is 1. The summed E-state index contributed by atoms with van der Waals surface area (Å²) in [5.41, 5.74) is -0.491. The summed E-state index contributed by atoms with van der Waals surface area (Å²) in [4.78, 5) is 31.0. The molecule has 0 saturated carbocycles. The molecule has 1 heterocycles. The van der Waals surface area contributed by atoms with Crippen LogP contribution in [0.15, 0.2) is 4.99 Å². The Labute approximate surface area is 149 Å². The van der Waals surface area contributed by atoms with Crippen LogP contribution in [0.4, 0.5) is 0 Å². The van der Waals surface area contributed by atoms with E-state index in [2.05, 4.69) is 10.3 Å². The zero-order valence-electron chi connectivity index (χ0n) is 14.0. The molecule has 0 aromatic heterocycles. The molecule has 0 atom stereocenters. The number of nitrogens with one attached hydrogen (secondary N) is 1. The number of aliphatic imine (C=N–C) groups is 1. The topological polar surface area (TPSA) is 74.2 Å². The van der Waals surface area contributed by atoms with Crippen LogP contribution in [0.25, 0.3) is 0 Å². The summed E-state index contributed by atoms with van der Waals surface area (Å²) in [6.45, 7) is 9.90. The summed E-state index contributed by atoms with van der Waals surface area (Å²) in [5, 5.41) is 3.00. The van der Waals surface area contributed by atoms with Gasteiger partial charge in [-0.15, -0.1) is 24.0 Å². The molecular formula is C14H27IN4O3. The minimum Gasteiger partial charge on any atom is -0.459 e. The van der Waals surface area contributed by atoms with Gasteiger partial charge in [-0.25, -0.2) is 0 Å². The highest BCUT2D eigenvalue weighted by Gasteiger charge is 2.22. The van der Waals surface area contributed by atoms with Crippen LogP contribution in [0.2, 0.25) is 0 Å². The highest BCUT2D eigenvalue weighted by molar-refractivity contribution is 14.0. The molecule has 0 aromatic rings. The Kier molecular flexibility index (Phi) is 8.72. The fourth-order valence-electron chi connectivity index (χ4n) is 2.09. The van der Waals surface area contributed by atoms with E-state index in [1.165, 1.54) is 0 Å². The van der Waals surface area contributed by atoms with Crippen LogP contribution < -0.4 is 5.32 Å². The Balaban J connectivity index is 0.00000441. The van der Waals surface area contributed by atoms with Crippen LogP contribution in [0, 0.1) is 0 Å². The van der Waals surface area contributed by atoms with Crippen molar-refractivity contribution in [2.24, 2.45) is 4.99 Å². The number of halogens is 1. The van der Waals surface area contributed by atoms with Gasteiger partial charge in [0.2, 0.25) is 5.91 Å². The van der Waals surface area contributed by atoms with Gasteiger partial charge in [0, 0.05) is 40.2 Å². The second kappa shape index (κ2) is 9.16. The van der Waals surface area contributed by atoms with Crippen molar-refractivity contribution in [1.29, 1.82) is 0 Å². The second-order valence-electron chi connectivity index (χ2n) is 5.98. The zero-order chi connectivity index (χ0) is 16.0. The van der Waals surface area contributed by atoms with E-state index in [0.29, 0.717) is 32.1 Å². The highest BCUT2D eigenvalue weighted by atomic mass is 127. The molecule has 8 heteroatoms. The number of ether oxygens (including phenoxy) is 1. The first-order chi connectivity index (χ1) is 9.73. The van der Waals surface area contributed by atoms with Crippen molar-refractivity contribution >= 4 is 41.8 Å². The number of piperazine rings is 1. The molecule has 1 saturated heterocycles. The molecule has 128 valence electrons. The monoisotopic (exact) mass is 426 g/mol. The summed E-state index contributed by atoms with van der Waals surface area (Å²) in [5.74, 6) is 0.432. The molecule has 7 nitrogen and oxygen atoms in total. The summed E-state index contributed by atoms with van der Waals surface area (Å²) in [6.07, 6.45) is 0. The number of carbonyl (C=O) groups is 2. The Morgan fingerprint density at radius 2 is 1.64 bits per heavy atom. The van der Waals surface area contributed by atoms with Crippen molar-refractivity contribution < 1.29 is 14.3 Å². The number of rotatable bonds is 2. The van der Waals surface area contributed by atoms with Gasteiger partial charge < -0.3 is 19.9 Å². The Bertz CT molecular complexity index is 413. The van der Waals surface area contributed by atoms with Gasteiger partial charge in [-0.1, -0.05) is 0 Å². The van der Waals surface area contributed by atoms with Gasteiger partial charge in [0.1, 0.15) is 12.1 Å². The summed E-state index contributed by atoms with van der Waals surface area (Å²) >= 11 is 0. The van der Waals surface area contributed by atoms with Gasteiger partial charge in [-0.05, 0) is 20.8 Å². The van der Waals surface area contributed by atoms with Crippen molar-refractivity contribution in [3.05, 3.63) is 0 Å². The molecule has 0 bridgehead atoms. The summed E-state index contributed by atoms with van der Waals surface area (Å²) in [7, 11) is 1.68. The summed E-state index contributed by atoms with van der Waals surface area (Å²) in [6, 6.07) is 0. The fourth-order valence-corrected chi connectivity index (χ4v) is 2.09. The SMILES string of the molecule is CN=C(NCC(=O)OC(C)(C)C)N1CCN(C(C)=O)CC1.I. The van der Waals surface area contributed by atoms with E-state index in [1.54, 1.807) is 18.9 Å². The minimum absolute atomic E-state index is 0. The number of hydrogen-bond acceptors (Lipinski definition) is 4. The van der Waals surface area contributed by atoms with Gasteiger partial charge in [-0.2, -0.15) is 0 Å². The van der Waals surface area contributed by atoms with Gasteiger partial charge >= 0.3 is 5.97 Å². The first-order valence-electron chi connectivity index (χ1n) is 7.16. The maximum absolute atomic E-state index is 11.7. The summed E-state index contributed by atoms with van der Waals surface area (Å²) < 4.78 is 5.24. The lowest BCUT2D eigenvalue weighted by Gasteiger charge is -2.36. The van der Waals surface area contributed by atoms with Crippen molar-refractivity contribution in [2.45, 2.75) is 33.3 Å². The van der Waals surface area contributed by atoms with Crippen LogP contribution in [0.1, 0.15) is 27.7 Å². The Hall–Kier alpha value is -1.06. The molecular weight excluding hydrogens is 399 g/mol. The van der Waals surface area contributed by atoms with E-state index in [-0.39, 0.29) is 42.4 Å². The zero-order valence-corrected chi connectivity index (χ0v) is 16.3. The fraction of sp³-hybridized carbons (Fsp3) is 0.786. The van der Waals surface area contributed by atoms with Crippen molar-refractivity contribution in [3.8, 4) is 0 Å². The van der Waals surface area contributed by atoms with Crippen LogP contribution in [-0.4, -0.2) is 73.0 Å². The van der Waals surface area contributed by atoms with Crippen LogP contribution in [-0.2, 0) is 14.3 Å². The number of esters is 1. The maximum Gasteiger partial charge on any atom is 0.325 e. The van der Waals surface area contributed by atoms with Crippen molar-refractivity contribution in [2.75, 3.05) is 39.8 Å². The minimum atomic E-state index is -0.491. The molecule has 1 rings (SSSR count). The van der Waals surface area contributed by atoms with E-state index >= 15 is 0 Å². The molecule has 1 fully saturated rings. The lowest BCUT2D eigenvalue weighted by atomic mass is 10.2. The molecule has 1 aliphatic heterocycles. The standard InChI is InChI=1S/C14H26N4O3.HI/c1-11(19)17-6-8-18(9-7-17)13(15-5)16-10-12(20)21-14(2,3)4;/h6-10H2,1-5H3,(H,15,16);1H. The number of nitrogens with zero attached hydrogens (tertiary/aromatic N) is 3. The number of guanidine groups is 1.